The van der Waals surface area contributed by atoms with Crippen LogP contribution in [0.5, 0.6) is 11.5 Å². The molecule has 0 N–H and O–H groups in total. The van der Waals surface area contributed by atoms with Crippen LogP contribution in [0.4, 0.5) is 0 Å². The minimum atomic E-state index is -0.224. The minimum absolute atomic E-state index is 0.0366. The van der Waals surface area contributed by atoms with Gasteiger partial charge in [0.15, 0.2) is 4.80 Å². The van der Waals surface area contributed by atoms with Gasteiger partial charge in [-0.2, -0.15) is 0 Å². The standard InChI is InChI=1S/C35H27BrN2O3S/c1-40-26-15-12-25(13-16-26)33-28-17-14-24-9-5-6-10-27(24)32(28)37-35-38(33)34(39)31(42-35)20-23-11-18-30(29(36)19-23)41-21-22-7-3-2-4-8-22/h2-13,15-16,18-20,33H,14,17,21H2,1H3/b31-20+/t33-/m1/s1. The van der Waals surface area contributed by atoms with Crippen molar-refractivity contribution in [3.8, 4) is 11.5 Å². The van der Waals surface area contributed by atoms with Crippen molar-refractivity contribution in [3.63, 3.8) is 0 Å². The third-order valence-electron chi connectivity index (χ3n) is 7.80. The molecule has 0 bridgehead atoms. The van der Waals surface area contributed by atoms with Gasteiger partial charge < -0.3 is 9.47 Å². The van der Waals surface area contributed by atoms with E-state index in [-0.39, 0.29) is 11.6 Å². The first-order valence-electron chi connectivity index (χ1n) is 13.8. The van der Waals surface area contributed by atoms with Crippen molar-refractivity contribution in [2.45, 2.75) is 25.5 Å². The Kier molecular flexibility index (Phi) is 7.14. The number of aromatic nitrogens is 1. The first-order chi connectivity index (χ1) is 20.6. The number of halogens is 1. The molecule has 1 aliphatic heterocycles. The van der Waals surface area contributed by atoms with Crippen molar-refractivity contribution in [2.24, 2.45) is 4.99 Å². The molecule has 208 valence electrons. The predicted octanol–water partition coefficient (Wildman–Crippen LogP) is 6.67. The molecule has 7 rings (SSSR count). The van der Waals surface area contributed by atoms with Crippen molar-refractivity contribution >= 4 is 39.0 Å². The molecular weight excluding hydrogens is 608 g/mol. The van der Waals surface area contributed by atoms with Gasteiger partial charge in [-0.25, -0.2) is 4.99 Å². The number of aryl methyl sites for hydroxylation is 1. The molecule has 1 aliphatic carbocycles. The summed E-state index contributed by atoms with van der Waals surface area (Å²) >= 11 is 5.09. The van der Waals surface area contributed by atoms with E-state index in [0.717, 1.165) is 56.8 Å². The van der Waals surface area contributed by atoms with E-state index in [1.54, 1.807) is 7.11 Å². The van der Waals surface area contributed by atoms with E-state index in [1.165, 1.54) is 22.5 Å². The molecule has 5 nitrogen and oxygen atoms in total. The maximum Gasteiger partial charge on any atom is 0.271 e. The van der Waals surface area contributed by atoms with Crippen LogP contribution in [0.3, 0.4) is 0 Å². The third kappa shape index (κ3) is 4.93. The van der Waals surface area contributed by atoms with Crippen LogP contribution in [0.25, 0.3) is 11.8 Å². The Morgan fingerprint density at radius 1 is 0.976 bits per heavy atom. The number of nitrogens with zero attached hydrogens (tertiary/aromatic N) is 2. The van der Waals surface area contributed by atoms with E-state index in [0.29, 0.717) is 15.9 Å². The van der Waals surface area contributed by atoms with E-state index in [9.17, 15) is 4.79 Å². The number of hydrogen-bond acceptors (Lipinski definition) is 5. The van der Waals surface area contributed by atoms with Crippen molar-refractivity contribution < 1.29 is 9.47 Å². The topological polar surface area (TPSA) is 52.8 Å². The van der Waals surface area contributed by atoms with Crippen LogP contribution in [0.2, 0.25) is 0 Å². The monoisotopic (exact) mass is 634 g/mol. The van der Waals surface area contributed by atoms with E-state index < -0.39 is 0 Å². The number of ether oxygens (including phenoxy) is 2. The second kappa shape index (κ2) is 11.2. The zero-order valence-corrected chi connectivity index (χ0v) is 25.3. The maximum absolute atomic E-state index is 14.1. The fourth-order valence-corrected chi connectivity index (χ4v) is 7.23. The summed E-state index contributed by atoms with van der Waals surface area (Å²) in [5.74, 6) is 1.54. The van der Waals surface area contributed by atoms with Crippen molar-refractivity contribution in [1.82, 2.24) is 4.57 Å². The van der Waals surface area contributed by atoms with Gasteiger partial charge in [0.1, 0.15) is 18.1 Å². The van der Waals surface area contributed by atoms with Crippen molar-refractivity contribution in [1.29, 1.82) is 0 Å². The van der Waals surface area contributed by atoms with Gasteiger partial charge in [-0.05, 0) is 86.9 Å². The predicted molar refractivity (Wildman–Crippen MR) is 171 cm³/mol. The van der Waals surface area contributed by atoms with Gasteiger partial charge in [-0.3, -0.25) is 9.36 Å². The van der Waals surface area contributed by atoms with Crippen LogP contribution in [0.1, 0.15) is 40.3 Å². The van der Waals surface area contributed by atoms with Crippen molar-refractivity contribution in [2.75, 3.05) is 7.11 Å². The molecule has 0 saturated heterocycles. The lowest BCUT2D eigenvalue weighted by Gasteiger charge is -2.30. The van der Waals surface area contributed by atoms with E-state index in [4.69, 9.17) is 14.5 Å². The van der Waals surface area contributed by atoms with Gasteiger partial charge in [0.05, 0.1) is 27.9 Å². The van der Waals surface area contributed by atoms with Gasteiger partial charge >= 0.3 is 0 Å². The summed E-state index contributed by atoms with van der Waals surface area (Å²) in [6.45, 7) is 0.483. The Balaban J connectivity index is 1.30. The fraction of sp³-hybridized carbons (Fsp3) is 0.143. The minimum Gasteiger partial charge on any atom is -0.497 e. The summed E-state index contributed by atoms with van der Waals surface area (Å²) in [4.78, 5) is 19.9. The van der Waals surface area contributed by atoms with Gasteiger partial charge in [-0.1, -0.05) is 84.1 Å². The first kappa shape index (κ1) is 26.7. The summed E-state index contributed by atoms with van der Waals surface area (Å²) in [5.41, 5.74) is 7.66. The average Bonchev–Trinajstić information content (AvgIpc) is 3.34. The second-order valence-electron chi connectivity index (χ2n) is 10.4. The summed E-state index contributed by atoms with van der Waals surface area (Å²) in [7, 11) is 1.66. The summed E-state index contributed by atoms with van der Waals surface area (Å²) in [6, 6.07) is 32.3. The zero-order valence-electron chi connectivity index (χ0n) is 22.9. The summed E-state index contributed by atoms with van der Waals surface area (Å²) < 4.78 is 14.8. The lowest BCUT2D eigenvalue weighted by molar-refractivity contribution is 0.304. The molecule has 0 unspecified atom stereocenters. The molecule has 7 heteroatoms. The van der Waals surface area contributed by atoms with Crippen LogP contribution in [0.15, 0.2) is 117 Å². The smallest absolute Gasteiger partial charge is 0.271 e. The molecule has 4 aromatic carbocycles. The first-order valence-corrected chi connectivity index (χ1v) is 15.4. The Hall–Kier alpha value is -4.20. The van der Waals surface area contributed by atoms with Gasteiger partial charge in [0, 0.05) is 5.56 Å². The molecule has 42 heavy (non-hydrogen) atoms. The summed E-state index contributed by atoms with van der Waals surface area (Å²) in [5, 5.41) is 0. The molecule has 0 fully saturated rings. The molecule has 1 aromatic heterocycles. The Labute approximate surface area is 255 Å². The highest BCUT2D eigenvalue weighted by Gasteiger charge is 2.32. The molecule has 0 saturated carbocycles. The number of methoxy groups -OCH3 is 1. The average molecular weight is 636 g/mol. The normalized spacial score (nSPS) is 15.9. The lowest BCUT2D eigenvalue weighted by Crippen LogP contribution is -2.38. The molecule has 1 atom stereocenters. The number of rotatable bonds is 6. The molecule has 2 heterocycles. The van der Waals surface area contributed by atoms with Crippen LogP contribution in [0, 0.1) is 0 Å². The Morgan fingerprint density at radius 2 is 1.76 bits per heavy atom. The van der Waals surface area contributed by atoms with Crippen LogP contribution in [-0.4, -0.2) is 11.7 Å². The van der Waals surface area contributed by atoms with Crippen molar-refractivity contribution in [3.05, 3.63) is 155 Å². The number of benzene rings is 4. The van der Waals surface area contributed by atoms with Crippen LogP contribution in [-0.2, 0) is 13.0 Å². The van der Waals surface area contributed by atoms with E-state index in [2.05, 4.69) is 52.3 Å². The molecule has 0 amide bonds. The van der Waals surface area contributed by atoms with Crippen LogP contribution < -0.4 is 24.4 Å². The highest BCUT2D eigenvalue weighted by atomic mass is 79.9. The summed E-state index contributed by atoms with van der Waals surface area (Å²) in [6.07, 6.45) is 3.72. The Bertz CT molecular complexity index is 2010. The van der Waals surface area contributed by atoms with E-state index in [1.807, 2.05) is 71.3 Å². The Morgan fingerprint density at radius 3 is 2.55 bits per heavy atom. The molecule has 2 aliphatic rings. The molecule has 5 aromatic rings. The number of allylic oxidation sites excluding steroid dienone is 1. The van der Waals surface area contributed by atoms with Gasteiger partial charge in [0.25, 0.3) is 5.56 Å². The second-order valence-corrected chi connectivity index (χ2v) is 12.2. The highest BCUT2D eigenvalue weighted by molar-refractivity contribution is 9.10. The van der Waals surface area contributed by atoms with Crippen LogP contribution >= 0.6 is 27.3 Å². The number of fused-ring (bicyclic) bond motifs is 3. The van der Waals surface area contributed by atoms with E-state index >= 15 is 0 Å². The largest absolute Gasteiger partial charge is 0.497 e. The lowest BCUT2D eigenvalue weighted by atomic mass is 9.83. The molecular formula is C35H27BrN2O3S. The SMILES string of the molecule is COc1ccc([C@@H]2C3=C(N=c4s/c(=C/c5ccc(OCc6ccccc6)c(Br)c5)c(=O)n42)c2ccccc2CC3)cc1. The fourth-order valence-electron chi connectivity index (χ4n) is 5.72. The quantitative estimate of drug-likeness (QED) is 0.210. The van der Waals surface area contributed by atoms with Gasteiger partial charge in [0.2, 0.25) is 0 Å². The maximum atomic E-state index is 14.1. The molecule has 0 radical (unpaired) electrons. The molecule has 0 spiro atoms. The number of thiazole rings is 1. The van der Waals surface area contributed by atoms with Gasteiger partial charge in [-0.15, -0.1) is 0 Å². The highest BCUT2D eigenvalue weighted by Crippen LogP contribution is 2.41. The number of hydrogen-bond donors (Lipinski definition) is 0. The zero-order chi connectivity index (χ0) is 28.6. The third-order valence-corrected chi connectivity index (χ3v) is 9.40.